The van der Waals surface area contributed by atoms with Gasteiger partial charge in [-0.2, -0.15) is 0 Å². The van der Waals surface area contributed by atoms with Crippen molar-refractivity contribution < 1.29 is 23.7 Å². The van der Waals surface area contributed by atoms with E-state index in [9.17, 15) is 0 Å². The molecule has 0 radical (unpaired) electrons. The summed E-state index contributed by atoms with van der Waals surface area (Å²) in [6, 6.07) is 9.42. The number of nitrogens with one attached hydrogen (secondary N) is 1. The highest BCUT2D eigenvalue weighted by molar-refractivity contribution is 7.80. The van der Waals surface area contributed by atoms with Gasteiger partial charge in [0, 0.05) is 18.3 Å². The molecule has 7 nitrogen and oxygen atoms in total. The van der Waals surface area contributed by atoms with Gasteiger partial charge in [0.15, 0.2) is 28.1 Å². The fourth-order valence-corrected chi connectivity index (χ4v) is 3.62. The number of methoxy groups -OCH3 is 5. The number of ether oxygens (including phenoxy) is 5. The van der Waals surface area contributed by atoms with Crippen molar-refractivity contribution in [1.82, 2.24) is 10.2 Å². The molecule has 1 atom stereocenters. The Balaban J connectivity index is 2.09. The molecule has 0 aromatic heterocycles. The molecule has 1 aliphatic heterocycles. The number of nitrogens with zero attached hydrogens (tertiary/aromatic N) is 1. The fourth-order valence-electron chi connectivity index (χ4n) is 3.40. The minimum Gasteiger partial charge on any atom is -0.493 e. The Labute approximate surface area is 182 Å². The second-order valence-electron chi connectivity index (χ2n) is 6.57. The Kier molecular flexibility index (Phi) is 6.56. The molecule has 1 N–H and O–H groups in total. The molecule has 30 heavy (non-hydrogen) atoms. The molecular weight excluding hydrogens is 404 g/mol. The largest absolute Gasteiger partial charge is 0.493 e. The highest BCUT2D eigenvalue weighted by Gasteiger charge is 2.26. The number of thiocarbonyl (C=S) groups is 1. The van der Waals surface area contributed by atoms with Gasteiger partial charge in [0.05, 0.1) is 41.6 Å². The summed E-state index contributed by atoms with van der Waals surface area (Å²) in [5.74, 6) is 3.03. The van der Waals surface area contributed by atoms with Gasteiger partial charge in [-0.1, -0.05) is 0 Å². The third-order valence-electron chi connectivity index (χ3n) is 4.99. The number of benzene rings is 2. The van der Waals surface area contributed by atoms with Crippen molar-refractivity contribution in [3.8, 4) is 28.7 Å². The first kappa shape index (κ1) is 21.6. The molecule has 160 valence electrons. The minimum absolute atomic E-state index is 0.189. The third kappa shape index (κ3) is 3.95. The topological polar surface area (TPSA) is 61.4 Å². The minimum atomic E-state index is -0.189. The van der Waals surface area contributed by atoms with Crippen LogP contribution in [-0.2, 0) is 0 Å². The molecule has 8 heteroatoms. The monoisotopic (exact) mass is 430 g/mol. The van der Waals surface area contributed by atoms with E-state index in [2.05, 4.69) is 11.4 Å². The van der Waals surface area contributed by atoms with Crippen LogP contribution in [0.4, 0.5) is 0 Å². The maximum absolute atomic E-state index is 5.59. The molecule has 0 bridgehead atoms. The summed E-state index contributed by atoms with van der Waals surface area (Å²) in [7, 11) is 9.92. The standard InChI is InChI=1S/C22H26N2O5S/c1-24-16(13-7-8-17(25-2)18(9-13)26-3)12-15(23-22(24)30)14-10-19(27-4)21(29-6)20(11-14)28-5/h7-12,15H,1-6H3,(H,23,30). The van der Waals surface area contributed by atoms with E-state index in [4.69, 9.17) is 35.9 Å². The Hall–Kier alpha value is -3.13. The van der Waals surface area contributed by atoms with Crippen LogP contribution in [-0.4, -0.2) is 52.6 Å². The highest BCUT2D eigenvalue weighted by Crippen LogP contribution is 2.41. The van der Waals surface area contributed by atoms with Crippen LogP contribution in [0.1, 0.15) is 17.2 Å². The molecule has 0 fully saturated rings. The van der Waals surface area contributed by atoms with Crippen LogP contribution in [0.3, 0.4) is 0 Å². The van der Waals surface area contributed by atoms with Crippen LogP contribution in [0.5, 0.6) is 28.7 Å². The van der Waals surface area contributed by atoms with Gasteiger partial charge in [-0.25, -0.2) is 0 Å². The van der Waals surface area contributed by atoms with Crippen molar-refractivity contribution in [1.29, 1.82) is 0 Å². The number of rotatable bonds is 7. The van der Waals surface area contributed by atoms with E-state index >= 15 is 0 Å². The quantitative estimate of drug-likeness (QED) is 0.669. The van der Waals surface area contributed by atoms with Crippen LogP contribution in [0.15, 0.2) is 36.4 Å². The second kappa shape index (κ2) is 9.13. The molecule has 0 aliphatic carbocycles. The Morgan fingerprint density at radius 2 is 1.40 bits per heavy atom. The first-order valence-electron chi connectivity index (χ1n) is 9.25. The summed E-state index contributed by atoms with van der Waals surface area (Å²) < 4.78 is 27.2. The maximum atomic E-state index is 5.59. The normalized spacial score (nSPS) is 15.8. The van der Waals surface area contributed by atoms with Crippen molar-refractivity contribution in [3.63, 3.8) is 0 Å². The Bertz CT molecular complexity index is 951. The molecule has 1 heterocycles. The lowest BCUT2D eigenvalue weighted by Crippen LogP contribution is -2.41. The lowest BCUT2D eigenvalue weighted by atomic mass is 9.99. The van der Waals surface area contributed by atoms with E-state index < -0.39 is 0 Å². The lowest BCUT2D eigenvalue weighted by Gasteiger charge is -2.33. The van der Waals surface area contributed by atoms with Crippen molar-refractivity contribution in [3.05, 3.63) is 47.5 Å². The molecule has 0 saturated heterocycles. The Morgan fingerprint density at radius 3 is 1.93 bits per heavy atom. The lowest BCUT2D eigenvalue weighted by molar-refractivity contribution is 0.323. The highest BCUT2D eigenvalue weighted by atomic mass is 32.1. The zero-order valence-electron chi connectivity index (χ0n) is 17.9. The van der Waals surface area contributed by atoms with Gasteiger partial charge in [0.1, 0.15) is 0 Å². The second-order valence-corrected chi connectivity index (χ2v) is 6.95. The van der Waals surface area contributed by atoms with Gasteiger partial charge in [-0.05, 0) is 54.2 Å². The summed E-state index contributed by atoms with van der Waals surface area (Å²) in [6.07, 6.45) is 2.09. The number of hydrogen-bond acceptors (Lipinski definition) is 6. The van der Waals surface area contributed by atoms with Crippen LogP contribution < -0.4 is 29.0 Å². The van der Waals surface area contributed by atoms with Crippen LogP contribution >= 0.6 is 12.2 Å². The average Bonchev–Trinajstić information content (AvgIpc) is 2.79. The molecule has 1 unspecified atom stereocenters. The van der Waals surface area contributed by atoms with Crippen molar-refractivity contribution in [2.24, 2.45) is 0 Å². The van der Waals surface area contributed by atoms with E-state index in [1.807, 2.05) is 42.3 Å². The first-order valence-corrected chi connectivity index (χ1v) is 9.66. The fraction of sp³-hybridized carbons (Fsp3) is 0.318. The SMILES string of the molecule is COc1ccc(C2=CC(c3cc(OC)c(OC)c(OC)c3)NC(=S)N2C)cc1OC. The van der Waals surface area contributed by atoms with Gasteiger partial charge in [-0.15, -0.1) is 0 Å². The van der Waals surface area contributed by atoms with Gasteiger partial charge >= 0.3 is 0 Å². The molecule has 0 amide bonds. The smallest absolute Gasteiger partial charge is 0.203 e. The summed E-state index contributed by atoms with van der Waals surface area (Å²) in [6.45, 7) is 0. The van der Waals surface area contributed by atoms with Crippen molar-refractivity contribution >= 4 is 23.0 Å². The van der Waals surface area contributed by atoms with E-state index in [1.165, 1.54) is 0 Å². The van der Waals surface area contributed by atoms with E-state index in [-0.39, 0.29) is 6.04 Å². The van der Waals surface area contributed by atoms with Gasteiger partial charge in [0.25, 0.3) is 0 Å². The molecule has 3 rings (SSSR count). The first-order chi connectivity index (χ1) is 14.5. The zero-order chi connectivity index (χ0) is 21.8. The predicted octanol–water partition coefficient (Wildman–Crippen LogP) is 3.63. The maximum Gasteiger partial charge on any atom is 0.203 e. The van der Waals surface area contributed by atoms with Gasteiger partial charge in [-0.3, -0.25) is 0 Å². The van der Waals surface area contributed by atoms with Crippen LogP contribution in [0.2, 0.25) is 0 Å². The Morgan fingerprint density at radius 1 is 0.800 bits per heavy atom. The summed E-state index contributed by atoms with van der Waals surface area (Å²) >= 11 is 5.59. The van der Waals surface area contributed by atoms with Crippen LogP contribution in [0, 0.1) is 0 Å². The number of hydrogen-bond donors (Lipinski definition) is 1. The summed E-state index contributed by atoms with van der Waals surface area (Å²) in [5.41, 5.74) is 2.83. The summed E-state index contributed by atoms with van der Waals surface area (Å²) in [4.78, 5) is 1.92. The molecule has 0 saturated carbocycles. The van der Waals surface area contributed by atoms with Crippen molar-refractivity contribution in [2.75, 3.05) is 42.6 Å². The molecule has 2 aromatic rings. The van der Waals surface area contributed by atoms with E-state index in [1.54, 1.807) is 35.5 Å². The molecule has 2 aromatic carbocycles. The average molecular weight is 431 g/mol. The third-order valence-corrected chi connectivity index (χ3v) is 5.39. The molecular formula is C22H26N2O5S. The molecule has 0 spiro atoms. The van der Waals surface area contributed by atoms with Crippen LogP contribution in [0.25, 0.3) is 5.70 Å². The van der Waals surface area contributed by atoms with Gasteiger partial charge in [0.2, 0.25) is 5.75 Å². The van der Waals surface area contributed by atoms with Gasteiger partial charge < -0.3 is 33.9 Å². The summed E-state index contributed by atoms with van der Waals surface area (Å²) in [5, 5.41) is 3.94. The predicted molar refractivity (Wildman–Crippen MR) is 120 cm³/mol. The van der Waals surface area contributed by atoms with Crippen molar-refractivity contribution in [2.45, 2.75) is 6.04 Å². The van der Waals surface area contributed by atoms with E-state index in [0.29, 0.717) is 33.9 Å². The zero-order valence-corrected chi connectivity index (χ0v) is 18.8. The van der Waals surface area contributed by atoms with E-state index in [0.717, 1.165) is 16.8 Å². The molecule has 1 aliphatic rings.